The third-order valence-electron chi connectivity index (χ3n) is 4.05. The fraction of sp³-hybridized carbons (Fsp3) is 0.588. The van der Waals surface area contributed by atoms with Crippen LogP contribution in [0.3, 0.4) is 0 Å². The highest BCUT2D eigenvalue weighted by Crippen LogP contribution is 2.34. The molecule has 0 radical (unpaired) electrons. The largest absolute Gasteiger partial charge is 0.462 e. The Labute approximate surface area is 151 Å². The van der Waals surface area contributed by atoms with Gasteiger partial charge in [0.2, 0.25) is 5.91 Å². The van der Waals surface area contributed by atoms with Gasteiger partial charge in [0.15, 0.2) is 5.78 Å². The van der Waals surface area contributed by atoms with Gasteiger partial charge in [-0.1, -0.05) is 0 Å². The number of aliphatic hydroxyl groups is 1. The number of likely N-dealkylation sites (tertiary alicyclic amines) is 1. The first-order valence-electron chi connectivity index (χ1n) is 8.35. The van der Waals surface area contributed by atoms with Gasteiger partial charge in [-0.25, -0.2) is 4.79 Å². The highest BCUT2D eigenvalue weighted by atomic mass is 32.1. The number of rotatable bonds is 6. The molecule has 1 aromatic rings. The summed E-state index contributed by atoms with van der Waals surface area (Å²) in [4.78, 5) is 38.6. The Morgan fingerprint density at radius 1 is 1.40 bits per heavy atom. The van der Waals surface area contributed by atoms with E-state index in [1.165, 1.54) is 6.92 Å². The van der Waals surface area contributed by atoms with Gasteiger partial charge >= 0.3 is 5.97 Å². The molecule has 2 rings (SSSR count). The monoisotopic (exact) mass is 368 g/mol. The predicted octanol–water partition coefficient (Wildman–Crippen LogP) is 1.83. The van der Waals surface area contributed by atoms with Crippen LogP contribution in [0, 0.1) is 6.92 Å². The molecule has 1 aliphatic heterocycles. The van der Waals surface area contributed by atoms with E-state index in [1.54, 1.807) is 13.8 Å². The summed E-state index contributed by atoms with van der Waals surface area (Å²) in [5, 5.41) is 12.8. The van der Waals surface area contributed by atoms with Gasteiger partial charge in [-0.15, -0.1) is 11.3 Å². The first-order valence-corrected chi connectivity index (χ1v) is 9.16. The number of ether oxygens (including phenoxy) is 1. The fourth-order valence-corrected chi connectivity index (χ4v) is 4.04. The van der Waals surface area contributed by atoms with Crippen molar-refractivity contribution in [1.29, 1.82) is 0 Å². The Bertz CT molecular complexity index is 670. The lowest BCUT2D eigenvalue weighted by molar-refractivity contribution is -0.117. The number of nitrogens with one attached hydrogen (secondary N) is 1. The van der Waals surface area contributed by atoms with Crippen molar-refractivity contribution >= 4 is 34.0 Å². The molecule has 1 atom stereocenters. The van der Waals surface area contributed by atoms with Crippen molar-refractivity contribution in [2.45, 2.75) is 39.7 Å². The number of esters is 1. The lowest BCUT2D eigenvalue weighted by Crippen LogP contribution is -2.42. The molecule has 1 fully saturated rings. The Kier molecular flexibility index (Phi) is 6.69. The Morgan fingerprint density at radius 2 is 2.12 bits per heavy atom. The van der Waals surface area contributed by atoms with Gasteiger partial charge in [0, 0.05) is 6.54 Å². The zero-order chi connectivity index (χ0) is 18.6. The number of carbonyl (C=O) groups is 3. The topological polar surface area (TPSA) is 95.9 Å². The summed E-state index contributed by atoms with van der Waals surface area (Å²) in [5.41, 5.74) is 0.767. The van der Waals surface area contributed by atoms with Gasteiger partial charge in [0.05, 0.1) is 29.7 Å². The van der Waals surface area contributed by atoms with Crippen molar-refractivity contribution in [3.05, 3.63) is 16.0 Å². The summed E-state index contributed by atoms with van der Waals surface area (Å²) < 4.78 is 5.05. The number of β-amino-alcohol motifs (C(OH)–C–C–N with tert-alkyl or cyclic N) is 1. The second kappa shape index (κ2) is 8.55. The number of amides is 1. The first-order chi connectivity index (χ1) is 11.8. The summed E-state index contributed by atoms with van der Waals surface area (Å²) >= 11 is 1.09. The van der Waals surface area contributed by atoms with E-state index >= 15 is 0 Å². The second-order valence-electron chi connectivity index (χ2n) is 6.12. The zero-order valence-electron chi connectivity index (χ0n) is 14.8. The second-order valence-corrected chi connectivity index (χ2v) is 7.14. The van der Waals surface area contributed by atoms with E-state index < -0.39 is 12.1 Å². The van der Waals surface area contributed by atoms with Crippen molar-refractivity contribution in [2.75, 3.05) is 31.6 Å². The van der Waals surface area contributed by atoms with Gasteiger partial charge in [0.25, 0.3) is 0 Å². The van der Waals surface area contributed by atoms with Crippen LogP contribution in [-0.2, 0) is 9.53 Å². The third-order valence-corrected chi connectivity index (χ3v) is 5.35. The number of hydrogen-bond acceptors (Lipinski definition) is 7. The molecule has 0 spiro atoms. The number of aliphatic hydroxyl groups excluding tert-OH is 1. The van der Waals surface area contributed by atoms with E-state index in [4.69, 9.17) is 4.74 Å². The molecule has 0 aliphatic carbocycles. The smallest absolute Gasteiger partial charge is 0.341 e. The molecule has 2 heterocycles. The van der Waals surface area contributed by atoms with Gasteiger partial charge in [-0.2, -0.15) is 0 Å². The average molecular weight is 368 g/mol. The molecule has 0 unspecified atom stereocenters. The van der Waals surface area contributed by atoms with E-state index in [9.17, 15) is 19.5 Å². The van der Waals surface area contributed by atoms with Gasteiger partial charge < -0.3 is 15.2 Å². The van der Waals surface area contributed by atoms with Crippen LogP contribution in [0.2, 0.25) is 0 Å². The first kappa shape index (κ1) is 19.6. The summed E-state index contributed by atoms with van der Waals surface area (Å²) in [5.74, 6) is -0.990. The lowest BCUT2D eigenvalue weighted by atomic mass is 10.1. The van der Waals surface area contributed by atoms with Crippen LogP contribution in [0.4, 0.5) is 5.00 Å². The maximum Gasteiger partial charge on any atom is 0.341 e. The molecule has 1 aromatic heterocycles. The maximum atomic E-state index is 12.3. The van der Waals surface area contributed by atoms with Crippen LogP contribution in [0.5, 0.6) is 0 Å². The molecule has 1 saturated heterocycles. The molecule has 0 aromatic carbocycles. The number of ketones is 1. The van der Waals surface area contributed by atoms with Crippen LogP contribution in [0.15, 0.2) is 0 Å². The molecule has 0 bridgehead atoms. The Morgan fingerprint density at radius 3 is 2.72 bits per heavy atom. The molecule has 8 heteroatoms. The molecule has 0 saturated carbocycles. The lowest BCUT2D eigenvalue weighted by Gasteiger charge is -2.29. The number of thiophene rings is 1. The molecule has 2 N–H and O–H groups in total. The fourth-order valence-electron chi connectivity index (χ4n) is 2.93. The summed E-state index contributed by atoms with van der Waals surface area (Å²) in [7, 11) is 0. The van der Waals surface area contributed by atoms with Crippen LogP contribution in [0.1, 0.15) is 52.3 Å². The molecule has 25 heavy (non-hydrogen) atoms. The van der Waals surface area contributed by atoms with Gasteiger partial charge in [-0.05, 0) is 45.7 Å². The molecular formula is C17H24N2O5S. The Balaban J connectivity index is 2.16. The highest BCUT2D eigenvalue weighted by molar-refractivity contribution is 7.18. The minimum atomic E-state index is -0.549. The summed E-state index contributed by atoms with van der Waals surface area (Å²) in [6.07, 6.45) is 1.18. The number of anilines is 1. The number of piperidine rings is 1. The number of carbonyl (C=O) groups excluding carboxylic acids is 3. The molecule has 138 valence electrons. The van der Waals surface area contributed by atoms with Crippen molar-refractivity contribution in [3.63, 3.8) is 0 Å². The predicted molar refractivity (Wildman–Crippen MR) is 95.3 cm³/mol. The SMILES string of the molecule is CCOC(=O)c1c(NC(=O)CN2CCC[C@@H](O)C2)sc(C(C)=O)c1C. The van der Waals surface area contributed by atoms with E-state index in [1.807, 2.05) is 4.90 Å². The zero-order valence-corrected chi connectivity index (χ0v) is 15.6. The third kappa shape index (κ3) is 4.87. The molecule has 1 aliphatic rings. The quantitative estimate of drug-likeness (QED) is 0.587. The Hall–Kier alpha value is -1.77. The molecule has 7 nitrogen and oxygen atoms in total. The number of hydrogen-bond donors (Lipinski definition) is 2. The van der Waals surface area contributed by atoms with E-state index in [-0.39, 0.29) is 30.4 Å². The normalized spacial score (nSPS) is 18.0. The van der Waals surface area contributed by atoms with Gasteiger partial charge in [-0.3, -0.25) is 14.5 Å². The summed E-state index contributed by atoms with van der Waals surface area (Å²) in [6, 6.07) is 0. The number of Topliss-reactive ketones (excluding diaryl/α,β-unsaturated/α-hetero) is 1. The van der Waals surface area contributed by atoms with E-state index in [2.05, 4.69) is 5.32 Å². The highest BCUT2D eigenvalue weighted by Gasteiger charge is 2.26. The van der Waals surface area contributed by atoms with Gasteiger partial charge in [0.1, 0.15) is 5.00 Å². The van der Waals surface area contributed by atoms with Crippen LogP contribution >= 0.6 is 11.3 Å². The van der Waals surface area contributed by atoms with Crippen molar-refractivity contribution < 1.29 is 24.2 Å². The van der Waals surface area contributed by atoms with Crippen molar-refractivity contribution in [2.24, 2.45) is 0 Å². The van der Waals surface area contributed by atoms with Crippen LogP contribution < -0.4 is 5.32 Å². The van der Waals surface area contributed by atoms with E-state index in [0.29, 0.717) is 22.0 Å². The van der Waals surface area contributed by atoms with Crippen LogP contribution in [0.25, 0.3) is 0 Å². The maximum absolute atomic E-state index is 12.3. The minimum absolute atomic E-state index is 0.131. The summed E-state index contributed by atoms with van der Waals surface area (Å²) in [6.45, 7) is 6.35. The average Bonchev–Trinajstić information content (AvgIpc) is 2.84. The number of nitrogens with zero attached hydrogens (tertiary/aromatic N) is 1. The molecule has 1 amide bonds. The van der Waals surface area contributed by atoms with E-state index in [0.717, 1.165) is 30.7 Å². The minimum Gasteiger partial charge on any atom is -0.462 e. The van der Waals surface area contributed by atoms with Crippen molar-refractivity contribution in [1.82, 2.24) is 4.90 Å². The molecular weight excluding hydrogens is 344 g/mol. The standard InChI is InChI=1S/C17H24N2O5S/c1-4-24-17(23)14-10(2)15(11(3)20)25-16(14)18-13(22)9-19-7-5-6-12(21)8-19/h12,21H,4-9H2,1-3H3,(H,18,22)/t12-/m1/s1. The van der Waals surface area contributed by atoms with Crippen molar-refractivity contribution in [3.8, 4) is 0 Å². The van der Waals surface area contributed by atoms with Crippen LogP contribution in [-0.4, -0.2) is 60.0 Å².